The third-order valence-electron chi connectivity index (χ3n) is 3.87. The molecule has 0 unspecified atom stereocenters. The Kier molecular flexibility index (Phi) is 4.15. The zero-order chi connectivity index (χ0) is 13.9. The SMILES string of the molecule is Cc1ccc(F)cc1[C@@H](c1cccs1)N1CCNCC1. The van der Waals surface area contributed by atoms with Crippen molar-refractivity contribution in [1.29, 1.82) is 0 Å². The van der Waals surface area contributed by atoms with Crippen molar-refractivity contribution in [3.05, 3.63) is 57.5 Å². The fourth-order valence-electron chi connectivity index (χ4n) is 2.82. The van der Waals surface area contributed by atoms with Crippen molar-refractivity contribution in [2.75, 3.05) is 26.2 Å². The molecule has 0 spiro atoms. The van der Waals surface area contributed by atoms with Gasteiger partial charge in [0.1, 0.15) is 5.82 Å². The first-order valence-corrected chi connectivity index (χ1v) is 7.88. The molecule has 1 aliphatic heterocycles. The highest BCUT2D eigenvalue weighted by atomic mass is 32.1. The van der Waals surface area contributed by atoms with Gasteiger partial charge in [0, 0.05) is 31.1 Å². The lowest BCUT2D eigenvalue weighted by atomic mass is 9.98. The van der Waals surface area contributed by atoms with Gasteiger partial charge < -0.3 is 5.32 Å². The molecule has 2 nitrogen and oxygen atoms in total. The van der Waals surface area contributed by atoms with E-state index in [0.717, 1.165) is 37.3 Å². The van der Waals surface area contributed by atoms with E-state index in [1.165, 1.54) is 4.88 Å². The van der Waals surface area contributed by atoms with Crippen LogP contribution in [-0.4, -0.2) is 31.1 Å². The average Bonchev–Trinajstić information content (AvgIpc) is 2.98. The zero-order valence-electron chi connectivity index (χ0n) is 11.6. The predicted molar refractivity (Wildman–Crippen MR) is 81.7 cm³/mol. The van der Waals surface area contributed by atoms with Crippen LogP contribution in [0.15, 0.2) is 35.7 Å². The molecule has 106 valence electrons. The lowest BCUT2D eigenvalue weighted by Crippen LogP contribution is -2.45. The third-order valence-corrected chi connectivity index (χ3v) is 4.79. The summed E-state index contributed by atoms with van der Waals surface area (Å²) in [5.74, 6) is -0.151. The molecule has 2 aromatic rings. The van der Waals surface area contributed by atoms with Crippen LogP contribution in [0.2, 0.25) is 0 Å². The Labute approximate surface area is 123 Å². The molecule has 0 saturated carbocycles. The summed E-state index contributed by atoms with van der Waals surface area (Å²) in [6, 6.07) is 9.52. The molecule has 1 atom stereocenters. The van der Waals surface area contributed by atoms with Gasteiger partial charge in [0.2, 0.25) is 0 Å². The first kappa shape index (κ1) is 13.7. The monoisotopic (exact) mass is 290 g/mol. The number of thiophene rings is 1. The van der Waals surface area contributed by atoms with Crippen molar-refractivity contribution in [3.8, 4) is 0 Å². The van der Waals surface area contributed by atoms with Crippen LogP contribution in [0.5, 0.6) is 0 Å². The van der Waals surface area contributed by atoms with Gasteiger partial charge in [-0.15, -0.1) is 11.3 Å². The second-order valence-electron chi connectivity index (χ2n) is 5.20. The molecule has 3 rings (SSSR count). The van der Waals surface area contributed by atoms with Gasteiger partial charge >= 0.3 is 0 Å². The molecule has 0 aliphatic carbocycles. The van der Waals surface area contributed by atoms with Crippen LogP contribution < -0.4 is 5.32 Å². The summed E-state index contributed by atoms with van der Waals surface area (Å²) in [4.78, 5) is 3.74. The van der Waals surface area contributed by atoms with Crippen LogP contribution in [0.1, 0.15) is 22.0 Å². The van der Waals surface area contributed by atoms with E-state index in [4.69, 9.17) is 0 Å². The number of halogens is 1. The van der Waals surface area contributed by atoms with Gasteiger partial charge in [-0.1, -0.05) is 12.1 Å². The van der Waals surface area contributed by atoms with Crippen molar-refractivity contribution < 1.29 is 4.39 Å². The van der Waals surface area contributed by atoms with Gasteiger partial charge in [0.05, 0.1) is 6.04 Å². The minimum atomic E-state index is -0.151. The van der Waals surface area contributed by atoms with Crippen molar-refractivity contribution in [2.24, 2.45) is 0 Å². The van der Waals surface area contributed by atoms with E-state index in [-0.39, 0.29) is 11.9 Å². The van der Waals surface area contributed by atoms with E-state index in [9.17, 15) is 4.39 Å². The first-order chi connectivity index (χ1) is 9.75. The zero-order valence-corrected chi connectivity index (χ0v) is 12.4. The van der Waals surface area contributed by atoms with E-state index in [0.29, 0.717) is 0 Å². The summed E-state index contributed by atoms with van der Waals surface area (Å²) in [6.07, 6.45) is 0. The molecule has 0 bridgehead atoms. The molecule has 4 heteroatoms. The standard InChI is InChI=1S/C16H19FN2S/c1-12-4-5-13(17)11-14(12)16(15-3-2-10-20-15)19-8-6-18-7-9-19/h2-5,10-11,16,18H,6-9H2,1H3/t16-/m0/s1. The Morgan fingerprint density at radius 3 is 2.75 bits per heavy atom. The van der Waals surface area contributed by atoms with Crippen LogP contribution in [0.4, 0.5) is 4.39 Å². The molecule has 1 fully saturated rings. The highest BCUT2D eigenvalue weighted by molar-refractivity contribution is 7.10. The predicted octanol–water partition coefficient (Wildman–Crippen LogP) is 3.19. The minimum absolute atomic E-state index is 0.151. The maximum absolute atomic E-state index is 13.7. The van der Waals surface area contributed by atoms with Gasteiger partial charge in [-0.25, -0.2) is 4.39 Å². The Morgan fingerprint density at radius 2 is 2.05 bits per heavy atom. The van der Waals surface area contributed by atoms with E-state index in [1.807, 2.05) is 6.07 Å². The molecule has 0 radical (unpaired) electrons. The number of benzene rings is 1. The quantitative estimate of drug-likeness (QED) is 0.934. The molecular formula is C16H19FN2S. The lowest BCUT2D eigenvalue weighted by molar-refractivity contribution is 0.200. The van der Waals surface area contributed by atoms with Crippen LogP contribution >= 0.6 is 11.3 Å². The topological polar surface area (TPSA) is 15.3 Å². The van der Waals surface area contributed by atoms with Crippen molar-refractivity contribution in [2.45, 2.75) is 13.0 Å². The fourth-order valence-corrected chi connectivity index (χ4v) is 3.70. The highest BCUT2D eigenvalue weighted by Gasteiger charge is 2.26. The highest BCUT2D eigenvalue weighted by Crippen LogP contribution is 2.34. The average molecular weight is 290 g/mol. The van der Waals surface area contributed by atoms with E-state index >= 15 is 0 Å². The number of rotatable bonds is 3. The van der Waals surface area contributed by atoms with Crippen molar-refractivity contribution >= 4 is 11.3 Å². The Bertz CT molecular complexity index is 562. The Hall–Kier alpha value is -1.23. The number of piperazine rings is 1. The Morgan fingerprint density at radius 1 is 1.25 bits per heavy atom. The molecule has 1 aromatic carbocycles. The summed E-state index contributed by atoms with van der Waals surface area (Å²) in [5.41, 5.74) is 2.25. The molecule has 0 amide bonds. The van der Waals surface area contributed by atoms with E-state index in [2.05, 4.69) is 34.7 Å². The molecule has 20 heavy (non-hydrogen) atoms. The number of nitrogens with one attached hydrogen (secondary N) is 1. The fraction of sp³-hybridized carbons (Fsp3) is 0.375. The normalized spacial score (nSPS) is 18.1. The van der Waals surface area contributed by atoms with Crippen molar-refractivity contribution in [3.63, 3.8) is 0 Å². The number of hydrogen-bond donors (Lipinski definition) is 1. The van der Waals surface area contributed by atoms with E-state index in [1.54, 1.807) is 23.5 Å². The second kappa shape index (κ2) is 6.04. The second-order valence-corrected chi connectivity index (χ2v) is 6.18. The summed E-state index contributed by atoms with van der Waals surface area (Å²) in [5, 5.41) is 5.48. The summed E-state index contributed by atoms with van der Waals surface area (Å²) in [7, 11) is 0. The molecular weight excluding hydrogens is 271 g/mol. The Balaban J connectivity index is 2.02. The molecule has 1 aliphatic rings. The van der Waals surface area contributed by atoms with Crippen LogP contribution in [0.25, 0.3) is 0 Å². The largest absolute Gasteiger partial charge is 0.314 e. The van der Waals surface area contributed by atoms with E-state index < -0.39 is 0 Å². The lowest BCUT2D eigenvalue weighted by Gasteiger charge is -2.35. The molecule has 2 heterocycles. The molecule has 1 N–H and O–H groups in total. The number of hydrogen-bond acceptors (Lipinski definition) is 3. The van der Waals surface area contributed by atoms with Crippen LogP contribution in [0.3, 0.4) is 0 Å². The van der Waals surface area contributed by atoms with Crippen LogP contribution in [-0.2, 0) is 0 Å². The van der Waals surface area contributed by atoms with Crippen LogP contribution in [0, 0.1) is 12.7 Å². The molecule has 1 saturated heterocycles. The van der Waals surface area contributed by atoms with Crippen molar-refractivity contribution in [1.82, 2.24) is 10.2 Å². The molecule has 1 aromatic heterocycles. The summed E-state index contributed by atoms with van der Waals surface area (Å²) < 4.78 is 13.7. The van der Waals surface area contributed by atoms with Gasteiger partial charge in [0.25, 0.3) is 0 Å². The third kappa shape index (κ3) is 2.77. The number of nitrogens with zero attached hydrogens (tertiary/aromatic N) is 1. The minimum Gasteiger partial charge on any atom is -0.314 e. The smallest absolute Gasteiger partial charge is 0.123 e. The summed E-state index contributed by atoms with van der Waals surface area (Å²) in [6.45, 7) is 6.06. The maximum atomic E-state index is 13.7. The number of aryl methyl sites for hydroxylation is 1. The first-order valence-electron chi connectivity index (χ1n) is 7.00. The van der Waals surface area contributed by atoms with Gasteiger partial charge in [-0.05, 0) is 41.6 Å². The van der Waals surface area contributed by atoms with Gasteiger partial charge in [0.15, 0.2) is 0 Å². The maximum Gasteiger partial charge on any atom is 0.123 e. The van der Waals surface area contributed by atoms with Gasteiger partial charge in [-0.3, -0.25) is 4.90 Å². The van der Waals surface area contributed by atoms with Gasteiger partial charge in [-0.2, -0.15) is 0 Å². The summed E-state index contributed by atoms with van der Waals surface area (Å²) >= 11 is 1.75.